The molecule has 2 N–H and O–H groups in total. The number of aromatic carboxylic acids is 1. The highest BCUT2D eigenvalue weighted by Crippen LogP contribution is 2.28. The van der Waals surface area contributed by atoms with Crippen molar-refractivity contribution >= 4 is 5.97 Å². The van der Waals surface area contributed by atoms with Gasteiger partial charge in [-0.05, 0) is 19.4 Å². The summed E-state index contributed by atoms with van der Waals surface area (Å²) in [5, 5.41) is 8.86. The van der Waals surface area contributed by atoms with Gasteiger partial charge in [-0.15, -0.1) is 0 Å². The molecule has 0 atom stereocenters. The van der Waals surface area contributed by atoms with Crippen LogP contribution in [0, 0.1) is 0 Å². The van der Waals surface area contributed by atoms with Crippen LogP contribution in [-0.2, 0) is 5.41 Å². The number of benzene rings is 1. The van der Waals surface area contributed by atoms with Crippen molar-refractivity contribution in [1.82, 2.24) is 9.97 Å². The molecule has 2 rings (SSSR count). The van der Waals surface area contributed by atoms with Crippen LogP contribution in [0.2, 0.25) is 0 Å². The van der Waals surface area contributed by atoms with E-state index in [0.717, 1.165) is 5.56 Å². The number of aromatic amines is 1. The van der Waals surface area contributed by atoms with Crippen molar-refractivity contribution in [1.29, 1.82) is 0 Å². The van der Waals surface area contributed by atoms with E-state index in [1.165, 1.54) is 6.20 Å². The van der Waals surface area contributed by atoms with Crippen molar-refractivity contribution in [2.75, 3.05) is 0 Å². The lowest BCUT2D eigenvalue weighted by molar-refractivity contribution is 0.0691. The number of hydrogen-bond acceptors (Lipinski definition) is 2. The molecule has 0 aliphatic rings. The molecule has 0 saturated heterocycles. The number of imidazole rings is 1. The second-order valence-corrected chi connectivity index (χ2v) is 4.44. The molecule has 0 bridgehead atoms. The number of nitrogens with one attached hydrogen (secondary N) is 1. The third-order valence-corrected chi connectivity index (χ3v) is 2.89. The summed E-state index contributed by atoms with van der Waals surface area (Å²) in [6.07, 6.45) is 1.35. The van der Waals surface area contributed by atoms with Crippen molar-refractivity contribution < 1.29 is 9.90 Å². The molecular weight excluding hydrogens is 216 g/mol. The minimum absolute atomic E-state index is 0.115. The van der Waals surface area contributed by atoms with Crippen LogP contribution in [0.1, 0.15) is 35.7 Å². The Morgan fingerprint density at radius 3 is 2.47 bits per heavy atom. The topological polar surface area (TPSA) is 66.0 Å². The first kappa shape index (κ1) is 11.4. The van der Waals surface area contributed by atoms with E-state index in [9.17, 15) is 4.79 Å². The summed E-state index contributed by atoms with van der Waals surface area (Å²) < 4.78 is 0. The number of carboxylic acid groups (broad SMARTS) is 1. The van der Waals surface area contributed by atoms with Gasteiger partial charge in [-0.1, -0.05) is 30.3 Å². The van der Waals surface area contributed by atoms with Gasteiger partial charge in [-0.2, -0.15) is 0 Å². The molecule has 0 aliphatic carbocycles. The average Bonchev–Trinajstić information content (AvgIpc) is 2.80. The minimum Gasteiger partial charge on any atom is -0.477 e. The number of H-pyrrole nitrogens is 1. The molecule has 0 amide bonds. The molecule has 4 nitrogen and oxygen atoms in total. The summed E-state index contributed by atoms with van der Waals surface area (Å²) in [6, 6.07) is 9.87. The summed E-state index contributed by atoms with van der Waals surface area (Å²) in [4.78, 5) is 17.8. The number of nitrogens with zero attached hydrogens (tertiary/aromatic N) is 1. The van der Waals surface area contributed by atoms with Gasteiger partial charge in [-0.3, -0.25) is 0 Å². The van der Waals surface area contributed by atoms with Gasteiger partial charge in [0, 0.05) is 5.41 Å². The van der Waals surface area contributed by atoms with Gasteiger partial charge in [-0.25, -0.2) is 9.78 Å². The van der Waals surface area contributed by atoms with Crippen molar-refractivity contribution in [2.24, 2.45) is 0 Å². The highest BCUT2D eigenvalue weighted by Gasteiger charge is 2.26. The highest BCUT2D eigenvalue weighted by molar-refractivity contribution is 5.85. The summed E-state index contributed by atoms with van der Waals surface area (Å²) in [5.74, 6) is -0.339. The smallest absolute Gasteiger partial charge is 0.353 e. The molecule has 4 heteroatoms. The predicted octanol–water partition coefficient (Wildman–Crippen LogP) is 2.43. The van der Waals surface area contributed by atoms with Gasteiger partial charge in [0.1, 0.15) is 11.5 Å². The summed E-state index contributed by atoms with van der Waals surface area (Å²) >= 11 is 0. The lowest BCUT2D eigenvalue weighted by Crippen LogP contribution is -2.20. The van der Waals surface area contributed by atoms with E-state index in [4.69, 9.17) is 5.11 Å². The Bertz CT molecular complexity index is 529. The molecule has 0 spiro atoms. The number of aromatic nitrogens is 2. The fourth-order valence-corrected chi connectivity index (χ4v) is 1.74. The van der Waals surface area contributed by atoms with Crippen molar-refractivity contribution in [3.05, 3.63) is 53.6 Å². The second kappa shape index (κ2) is 4.05. The summed E-state index contributed by atoms with van der Waals surface area (Å²) in [6.45, 7) is 4.01. The molecule has 0 fully saturated rings. The fourth-order valence-electron chi connectivity index (χ4n) is 1.74. The maximum absolute atomic E-state index is 10.8. The fraction of sp³-hybridized carbons (Fsp3) is 0.231. The van der Waals surface area contributed by atoms with Crippen LogP contribution in [0.3, 0.4) is 0 Å². The van der Waals surface area contributed by atoms with Crippen LogP contribution in [-0.4, -0.2) is 21.0 Å². The van der Waals surface area contributed by atoms with Crippen LogP contribution in [0.4, 0.5) is 0 Å². The number of carbonyl (C=O) groups is 1. The second-order valence-electron chi connectivity index (χ2n) is 4.44. The van der Waals surface area contributed by atoms with Crippen molar-refractivity contribution in [3.63, 3.8) is 0 Å². The maximum atomic E-state index is 10.8. The van der Waals surface area contributed by atoms with E-state index in [0.29, 0.717) is 5.82 Å². The van der Waals surface area contributed by atoms with E-state index >= 15 is 0 Å². The number of rotatable bonds is 3. The molecule has 0 unspecified atom stereocenters. The predicted molar refractivity (Wildman–Crippen MR) is 64.1 cm³/mol. The van der Waals surface area contributed by atoms with Crippen LogP contribution < -0.4 is 0 Å². The number of hydrogen-bond donors (Lipinski definition) is 2. The van der Waals surface area contributed by atoms with E-state index < -0.39 is 5.97 Å². The van der Waals surface area contributed by atoms with Crippen molar-refractivity contribution in [3.8, 4) is 0 Å². The molecule has 17 heavy (non-hydrogen) atoms. The monoisotopic (exact) mass is 230 g/mol. The van der Waals surface area contributed by atoms with Crippen LogP contribution >= 0.6 is 0 Å². The first-order chi connectivity index (χ1) is 8.01. The third kappa shape index (κ3) is 2.06. The van der Waals surface area contributed by atoms with Gasteiger partial charge in [0.15, 0.2) is 0 Å². The van der Waals surface area contributed by atoms with Gasteiger partial charge in [0.2, 0.25) is 0 Å². The zero-order valence-electron chi connectivity index (χ0n) is 9.77. The van der Waals surface area contributed by atoms with Crippen LogP contribution in [0.5, 0.6) is 0 Å². The molecule has 1 aromatic carbocycles. The standard InChI is InChI=1S/C13H14N2O2/c1-13(2,9-6-4-3-5-7-9)12-14-8-10(15-12)11(16)17/h3-8H,1-2H3,(H,14,15)(H,16,17). The SMILES string of the molecule is CC(C)(c1ccccc1)c1ncc(C(=O)O)[nH]1. The van der Waals surface area contributed by atoms with E-state index in [2.05, 4.69) is 9.97 Å². The molecule has 1 heterocycles. The minimum atomic E-state index is -0.993. The van der Waals surface area contributed by atoms with E-state index in [1.54, 1.807) is 0 Å². The largest absolute Gasteiger partial charge is 0.477 e. The van der Waals surface area contributed by atoms with Crippen LogP contribution in [0.25, 0.3) is 0 Å². The Hall–Kier alpha value is -2.10. The van der Waals surface area contributed by atoms with Crippen LogP contribution in [0.15, 0.2) is 36.5 Å². The average molecular weight is 230 g/mol. The van der Waals surface area contributed by atoms with Gasteiger partial charge in [0.25, 0.3) is 0 Å². The molecule has 88 valence electrons. The lowest BCUT2D eigenvalue weighted by atomic mass is 9.84. The molecule has 1 aromatic heterocycles. The Kier molecular flexibility index (Phi) is 2.71. The highest BCUT2D eigenvalue weighted by atomic mass is 16.4. The Morgan fingerprint density at radius 2 is 1.94 bits per heavy atom. The Balaban J connectivity index is 2.41. The molecule has 0 saturated carbocycles. The van der Waals surface area contributed by atoms with Gasteiger partial charge < -0.3 is 10.1 Å². The van der Waals surface area contributed by atoms with E-state index in [1.807, 2.05) is 44.2 Å². The molecule has 2 aromatic rings. The zero-order valence-corrected chi connectivity index (χ0v) is 9.77. The van der Waals surface area contributed by atoms with Gasteiger partial charge >= 0.3 is 5.97 Å². The quantitative estimate of drug-likeness (QED) is 0.851. The normalized spacial score (nSPS) is 11.4. The first-order valence-electron chi connectivity index (χ1n) is 5.36. The van der Waals surface area contributed by atoms with E-state index in [-0.39, 0.29) is 11.1 Å². The Morgan fingerprint density at radius 1 is 1.29 bits per heavy atom. The zero-order chi connectivity index (χ0) is 12.5. The van der Waals surface area contributed by atoms with Gasteiger partial charge in [0.05, 0.1) is 6.20 Å². The molecular formula is C13H14N2O2. The Labute approximate surface area is 99.3 Å². The lowest BCUT2D eigenvalue weighted by Gasteiger charge is -2.22. The third-order valence-electron chi connectivity index (χ3n) is 2.89. The maximum Gasteiger partial charge on any atom is 0.353 e. The van der Waals surface area contributed by atoms with Crippen molar-refractivity contribution in [2.45, 2.75) is 19.3 Å². The number of carboxylic acids is 1. The molecule has 0 radical (unpaired) electrons. The first-order valence-corrected chi connectivity index (χ1v) is 5.36. The summed E-state index contributed by atoms with van der Waals surface area (Å²) in [7, 11) is 0. The molecule has 0 aliphatic heterocycles. The summed E-state index contributed by atoms with van der Waals surface area (Å²) in [5.41, 5.74) is 0.866.